The highest BCUT2D eigenvalue weighted by Gasteiger charge is 2.30. The van der Waals surface area contributed by atoms with Gasteiger partial charge in [-0.2, -0.15) is 0 Å². The van der Waals surface area contributed by atoms with Gasteiger partial charge in [0.2, 0.25) is 0 Å². The lowest BCUT2D eigenvalue weighted by Crippen LogP contribution is -2.53. The number of aryl methyl sites for hydroxylation is 1. The van der Waals surface area contributed by atoms with Crippen molar-refractivity contribution >= 4 is 17.1 Å². The third kappa shape index (κ3) is 2.19. The second-order valence-corrected chi connectivity index (χ2v) is 5.47. The van der Waals surface area contributed by atoms with Gasteiger partial charge in [0.25, 0.3) is 0 Å². The third-order valence-corrected chi connectivity index (χ3v) is 4.27. The molecule has 0 saturated carbocycles. The first kappa shape index (κ1) is 11.8. The molecule has 16 heavy (non-hydrogen) atoms. The number of likely N-dealkylation sites (N-methyl/N-ethyl adjacent to an activating group) is 2. The summed E-state index contributed by atoms with van der Waals surface area (Å²) >= 11 is 1.56. The molecule has 1 aromatic heterocycles. The summed E-state index contributed by atoms with van der Waals surface area (Å²) < 4.78 is 0. The van der Waals surface area contributed by atoms with E-state index in [4.69, 9.17) is 0 Å². The maximum Gasteiger partial charge on any atom is 0.191 e. The van der Waals surface area contributed by atoms with Crippen molar-refractivity contribution in [3.8, 4) is 0 Å². The van der Waals surface area contributed by atoms with Gasteiger partial charge in [-0.05, 0) is 38.0 Å². The first-order chi connectivity index (χ1) is 7.59. The van der Waals surface area contributed by atoms with Gasteiger partial charge in [-0.1, -0.05) is 0 Å². The van der Waals surface area contributed by atoms with Gasteiger partial charge >= 0.3 is 0 Å². The van der Waals surface area contributed by atoms with Crippen molar-refractivity contribution in [3.63, 3.8) is 0 Å². The molecule has 0 bridgehead atoms. The van der Waals surface area contributed by atoms with Gasteiger partial charge in [-0.25, -0.2) is 0 Å². The van der Waals surface area contributed by atoms with Crippen LogP contribution in [-0.2, 0) is 0 Å². The summed E-state index contributed by atoms with van der Waals surface area (Å²) in [5, 5.41) is 2.00. The summed E-state index contributed by atoms with van der Waals surface area (Å²) in [5.74, 6) is 0.279. The molecule has 1 saturated heterocycles. The van der Waals surface area contributed by atoms with Crippen LogP contribution in [0.25, 0.3) is 0 Å². The molecule has 1 unspecified atom stereocenters. The monoisotopic (exact) mass is 238 g/mol. The van der Waals surface area contributed by atoms with Crippen molar-refractivity contribution < 1.29 is 4.79 Å². The summed E-state index contributed by atoms with van der Waals surface area (Å²) in [5.41, 5.74) is 1.11. The molecule has 1 aliphatic rings. The van der Waals surface area contributed by atoms with E-state index < -0.39 is 0 Å². The minimum atomic E-state index is 0.0242. The zero-order valence-electron chi connectivity index (χ0n) is 10.1. The van der Waals surface area contributed by atoms with Gasteiger partial charge < -0.3 is 4.90 Å². The Morgan fingerprint density at radius 1 is 1.44 bits per heavy atom. The van der Waals surface area contributed by atoms with Crippen LogP contribution < -0.4 is 0 Å². The van der Waals surface area contributed by atoms with Crippen LogP contribution in [0.1, 0.15) is 15.2 Å². The molecular formula is C12H18N2OS. The lowest BCUT2D eigenvalue weighted by molar-refractivity contribution is 0.0690. The minimum Gasteiger partial charge on any atom is -0.303 e. The zero-order chi connectivity index (χ0) is 11.7. The fraction of sp³-hybridized carbons (Fsp3) is 0.583. The summed E-state index contributed by atoms with van der Waals surface area (Å²) in [7, 11) is 4.12. The van der Waals surface area contributed by atoms with Gasteiger partial charge in [-0.15, -0.1) is 11.3 Å². The average Bonchev–Trinajstić information content (AvgIpc) is 2.67. The summed E-state index contributed by atoms with van der Waals surface area (Å²) in [4.78, 5) is 17.7. The Balaban J connectivity index is 2.18. The van der Waals surface area contributed by atoms with Crippen molar-refractivity contribution in [2.24, 2.45) is 0 Å². The maximum atomic E-state index is 12.4. The van der Waals surface area contributed by atoms with Crippen LogP contribution in [0.3, 0.4) is 0 Å². The van der Waals surface area contributed by atoms with E-state index in [2.05, 4.69) is 16.8 Å². The van der Waals surface area contributed by atoms with Crippen LogP contribution in [0, 0.1) is 6.92 Å². The second kappa shape index (κ2) is 4.65. The molecule has 3 nitrogen and oxygen atoms in total. The number of ketones is 1. The topological polar surface area (TPSA) is 23.6 Å². The van der Waals surface area contributed by atoms with Crippen LogP contribution in [0.2, 0.25) is 0 Å². The Kier molecular flexibility index (Phi) is 3.42. The summed E-state index contributed by atoms with van der Waals surface area (Å²) in [6.07, 6.45) is 0. The van der Waals surface area contributed by atoms with E-state index in [9.17, 15) is 4.79 Å². The van der Waals surface area contributed by atoms with Crippen molar-refractivity contribution in [1.29, 1.82) is 0 Å². The summed E-state index contributed by atoms with van der Waals surface area (Å²) in [6.45, 7) is 4.87. The quantitative estimate of drug-likeness (QED) is 0.729. The number of nitrogens with zero attached hydrogens (tertiary/aromatic N) is 2. The Hall–Kier alpha value is -0.710. The molecule has 0 spiro atoms. The molecule has 1 aliphatic heterocycles. The predicted octanol–water partition coefficient (Wildman–Crippen LogP) is 1.49. The fourth-order valence-corrected chi connectivity index (χ4v) is 2.98. The van der Waals surface area contributed by atoms with Crippen LogP contribution in [0.15, 0.2) is 11.4 Å². The normalized spacial score (nSPS) is 23.6. The van der Waals surface area contributed by atoms with Crippen LogP contribution in [-0.4, -0.2) is 55.4 Å². The first-order valence-corrected chi connectivity index (χ1v) is 6.44. The molecule has 0 radical (unpaired) electrons. The Bertz CT molecular complexity index is 388. The molecule has 1 fully saturated rings. The van der Waals surface area contributed by atoms with Gasteiger partial charge in [0.15, 0.2) is 5.78 Å². The zero-order valence-corrected chi connectivity index (χ0v) is 10.9. The number of thiophene rings is 1. The van der Waals surface area contributed by atoms with Crippen molar-refractivity contribution in [1.82, 2.24) is 9.80 Å². The van der Waals surface area contributed by atoms with Crippen molar-refractivity contribution in [2.45, 2.75) is 13.0 Å². The Labute approximate surface area is 101 Å². The fourth-order valence-electron chi connectivity index (χ4n) is 2.07. The molecule has 0 amide bonds. The van der Waals surface area contributed by atoms with E-state index in [1.54, 1.807) is 11.3 Å². The number of Topliss-reactive ketones (excluding diaryl/α,β-unsaturated/α-hetero) is 1. The minimum absolute atomic E-state index is 0.0242. The molecule has 0 aliphatic carbocycles. The lowest BCUT2D eigenvalue weighted by atomic mass is 10.1. The first-order valence-electron chi connectivity index (χ1n) is 5.56. The van der Waals surface area contributed by atoms with Gasteiger partial charge in [-0.3, -0.25) is 9.69 Å². The largest absolute Gasteiger partial charge is 0.303 e. The van der Waals surface area contributed by atoms with E-state index in [-0.39, 0.29) is 11.8 Å². The molecule has 1 aromatic rings. The number of hydrogen-bond donors (Lipinski definition) is 0. The molecule has 88 valence electrons. The van der Waals surface area contributed by atoms with E-state index in [0.29, 0.717) is 0 Å². The smallest absolute Gasteiger partial charge is 0.191 e. The standard InChI is InChI=1S/C12H18N2OS/c1-9-4-7-16-12(9)11(15)10-8-13(2)5-6-14(10)3/h4,7,10H,5-6,8H2,1-3H3. The van der Waals surface area contributed by atoms with E-state index in [0.717, 1.165) is 30.1 Å². The highest BCUT2D eigenvalue weighted by Crippen LogP contribution is 2.20. The maximum absolute atomic E-state index is 12.4. The predicted molar refractivity (Wildman–Crippen MR) is 67.3 cm³/mol. The van der Waals surface area contributed by atoms with Crippen LogP contribution in [0.4, 0.5) is 0 Å². The number of hydrogen-bond acceptors (Lipinski definition) is 4. The molecular weight excluding hydrogens is 220 g/mol. The Morgan fingerprint density at radius 3 is 2.81 bits per heavy atom. The van der Waals surface area contributed by atoms with Crippen LogP contribution in [0.5, 0.6) is 0 Å². The number of carbonyl (C=O) groups is 1. The van der Waals surface area contributed by atoms with Crippen LogP contribution >= 0.6 is 11.3 Å². The third-order valence-electron chi connectivity index (χ3n) is 3.24. The number of carbonyl (C=O) groups excluding carboxylic acids is 1. The summed E-state index contributed by atoms with van der Waals surface area (Å²) in [6, 6.07) is 2.04. The van der Waals surface area contributed by atoms with Crippen molar-refractivity contribution in [2.75, 3.05) is 33.7 Å². The molecule has 4 heteroatoms. The molecule has 2 rings (SSSR count). The molecule has 0 aromatic carbocycles. The molecule has 1 atom stereocenters. The van der Waals surface area contributed by atoms with E-state index in [1.165, 1.54) is 0 Å². The molecule has 0 N–H and O–H groups in total. The lowest BCUT2D eigenvalue weighted by Gasteiger charge is -2.36. The molecule has 2 heterocycles. The number of rotatable bonds is 2. The van der Waals surface area contributed by atoms with Gasteiger partial charge in [0, 0.05) is 19.6 Å². The van der Waals surface area contributed by atoms with Crippen molar-refractivity contribution in [3.05, 3.63) is 21.9 Å². The highest BCUT2D eigenvalue weighted by atomic mass is 32.1. The van der Waals surface area contributed by atoms with E-state index >= 15 is 0 Å². The Morgan fingerprint density at radius 2 is 2.19 bits per heavy atom. The van der Waals surface area contributed by atoms with Gasteiger partial charge in [0.1, 0.15) is 0 Å². The highest BCUT2D eigenvalue weighted by molar-refractivity contribution is 7.12. The number of piperazine rings is 1. The average molecular weight is 238 g/mol. The van der Waals surface area contributed by atoms with E-state index in [1.807, 2.05) is 25.4 Å². The van der Waals surface area contributed by atoms with Gasteiger partial charge in [0.05, 0.1) is 10.9 Å². The second-order valence-electron chi connectivity index (χ2n) is 4.56. The SMILES string of the molecule is Cc1ccsc1C(=O)C1CN(C)CCN1C.